The third-order valence-corrected chi connectivity index (χ3v) is 4.51. The third kappa shape index (κ3) is 6.94. The summed E-state index contributed by atoms with van der Waals surface area (Å²) in [6.45, 7) is 4.97. The molecular weight excluding hydrogens is 456 g/mol. The van der Waals surface area contributed by atoms with Crippen LogP contribution in [0.2, 0.25) is 0 Å². The van der Waals surface area contributed by atoms with Crippen molar-refractivity contribution in [1.29, 1.82) is 0 Å². The molecule has 2 aromatic rings. The Morgan fingerprint density at radius 1 is 1.27 bits per heavy atom. The van der Waals surface area contributed by atoms with Crippen LogP contribution >= 0.6 is 15.9 Å². The predicted octanol–water partition coefficient (Wildman–Crippen LogP) is 1.47. The van der Waals surface area contributed by atoms with Crippen molar-refractivity contribution in [2.75, 3.05) is 20.2 Å². The molecule has 1 heterocycles. The van der Waals surface area contributed by atoms with Gasteiger partial charge in [-0.15, -0.1) is 0 Å². The lowest BCUT2D eigenvalue weighted by Gasteiger charge is -2.23. The van der Waals surface area contributed by atoms with Crippen molar-refractivity contribution < 1.29 is 19.1 Å². The average molecular weight is 481 g/mol. The van der Waals surface area contributed by atoms with Gasteiger partial charge in [-0.1, -0.05) is 15.9 Å². The fourth-order valence-corrected chi connectivity index (χ4v) is 2.95. The number of nitrogens with one attached hydrogen (secondary N) is 1. The molecule has 1 aromatic heterocycles. The second-order valence-electron chi connectivity index (χ2n) is 7.86. The molecule has 0 aliphatic rings. The zero-order chi connectivity index (χ0) is 22.5. The number of esters is 1. The Bertz CT molecular complexity index is 1010. The lowest BCUT2D eigenvalue weighted by Crippen LogP contribution is -2.46. The third-order valence-electron chi connectivity index (χ3n) is 4.02. The van der Waals surface area contributed by atoms with Crippen LogP contribution in [0.4, 0.5) is 0 Å². The molecule has 0 saturated carbocycles. The van der Waals surface area contributed by atoms with Gasteiger partial charge in [0.2, 0.25) is 5.91 Å². The van der Waals surface area contributed by atoms with Crippen molar-refractivity contribution >= 4 is 44.6 Å². The molecule has 0 bridgehead atoms. The van der Waals surface area contributed by atoms with E-state index in [1.54, 1.807) is 18.2 Å². The predicted molar refractivity (Wildman–Crippen MR) is 115 cm³/mol. The maximum Gasteiger partial charge on any atom is 0.308 e. The number of halogens is 1. The molecule has 10 heteroatoms. The summed E-state index contributed by atoms with van der Waals surface area (Å²) in [4.78, 5) is 53.8. The van der Waals surface area contributed by atoms with Gasteiger partial charge in [0.25, 0.3) is 11.5 Å². The van der Waals surface area contributed by atoms with Gasteiger partial charge in [-0.2, -0.15) is 0 Å². The Labute approximate surface area is 182 Å². The minimum atomic E-state index is -0.628. The first-order valence-corrected chi connectivity index (χ1v) is 10.1. The highest BCUT2D eigenvalue weighted by Gasteiger charge is 2.19. The Balaban J connectivity index is 1.84. The number of rotatable bonds is 7. The first-order valence-electron chi connectivity index (χ1n) is 9.31. The fraction of sp³-hybridized carbons (Fsp3) is 0.450. The summed E-state index contributed by atoms with van der Waals surface area (Å²) in [5.41, 5.74) is -0.111. The number of carbonyl (C=O) groups excluding carboxylic acids is 3. The molecule has 0 atom stereocenters. The van der Waals surface area contributed by atoms with Gasteiger partial charge < -0.3 is 15.0 Å². The van der Waals surface area contributed by atoms with Gasteiger partial charge in [0.05, 0.1) is 30.2 Å². The van der Waals surface area contributed by atoms with E-state index in [0.717, 1.165) is 4.47 Å². The van der Waals surface area contributed by atoms with Gasteiger partial charge in [-0.05, 0) is 39.0 Å². The Morgan fingerprint density at radius 3 is 2.63 bits per heavy atom. The van der Waals surface area contributed by atoms with Crippen LogP contribution in [0.25, 0.3) is 10.9 Å². The summed E-state index contributed by atoms with van der Waals surface area (Å²) >= 11 is 3.32. The molecule has 162 valence electrons. The molecule has 0 aliphatic carbocycles. The van der Waals surface area contributed by atoms with Crippen LogP contribution in [-0.4, -0.2) is 58.0 Å². The first-order chi connectivity index (χ1) is 14.0. The second kappa shape index (κ2) is 9.84. The molecule has 1 N–H and O–H groups in total. The van der Waals surface area contributed by atoms with Crippen LogP contribution in [0.15, 0.2) is 33.8 Å². The van der Waals surface area contributed by atoms with E-state index in [9.17, 15) is 19.2 Å². The summed E-state index contributed by atoms with van der Waals surface area (Å²) in [7, 11) is 1.46. The van der Waals surface area contributed by atoms with Crippen LogP contribution in [0.1, 0.15) is 27.2 Å². The summed E-state index contributed by atoms with van der Waals surface area (Å²) in [5, 5.41) is 3.18. The molecule has 30 heavy (non-hydrogen) atoms. The minimum Gasteiger partial charge on any atom is -0.456 e. The summed E-state index contributed by atoms with van der Waals surface area (Å²) in [5.74, 6) is -1.43. The minimum absolute atomic E-state index is 0.0745. The van der Waals surface area contributed by atoms with Crippen LogP contribution in [0, 0.1) is 0 Å². The van der Waals surface area contributed by atoms with Gasteiger partial charge in [-0.25, -0.2) is 4.98 Å². The highest BCUT2D eigenvalue weighted by atomic mass is 79.9. The lowest BCUT2D eigenvalue weighted by molar-refractivity contribution is -0.152. The van der Waals surface area contributed by atoms with E-state index in [1.165, 1.54) is 22.8 Å². The number of nitrogens with zero attached hydrogens (tertiary/aromatic N) is 3. The standard InChI is InChI=1S/C20H25BrN4O5/c1-20(2,3)23-16(26)10-24(4)17(27)11-30-18(28)7-8-25-12-22-15-6-5-13(21)9-14(15)19(25)29/h5-6,9,12H,7-8,10-11H2,1-4H3,(H,23,26). The number of ether oxygens (including phenoxy) is 1. The average Bonchev–Trinajstić information content (AvgIpc) is 2.64. The van der Waals surface area contributed by atoms with Crippen molar-refractivity contribution in [3.63, 3.8) is 0 Å². The SMILES string of the molecule is CN(CC(=O)NC(C)(C)C)C(=O)COC(=O)CCn1cnc2ccc(Br)cc2c1=O. The van der Waals surface area contributed by atoms with Gasteiger partial charge in [-0.3, -0.25) is 23.7 Å². The molecule has 2 rings (SSSR count). The van der Waals surface area contributed by atoms with E-state index in [4.69, 9.17) is 4.74 Å². The topological polar surface area (TPSA) is 111 Å². The maximum atomic E-state index is 12.5. The lowest BCUT2D eigenvalue weighted by atomic mass is 10.1. The second-order valence-corrected chi connectivity index (χ2v) is 8.78. The van der Waals surface area contributed by atoms with Gasteiger partial charge in [0, 0.05) is 23.6 Å². The zero-order valence-corrected chi connectivity index (χ0v) is 19.0. The van der Waals surface area contributed by atoms with Crippen LogP contribution < -0.4 is 10.9 Å². The normalized spacial score (nSPS) is 11.2. The van der Waals surface area contributed by atoms with Crippen molar-refractivity contribution in [3.05, 3.63) is 39.4 Å². The number of benzene rings is 1. The number of aryl methyl sites for hydroxylation is 1. The highest BCUT2D eigenvalue weighted by molar-refractivity contribution is 9.10. The molecule has 9 nitrogen and oxygen atoms in total. The molecule has 0 saturated heterocycles. The largest absolute Gasteiger partial charge is 0.456 e. The summed E-state index contributed by atoms with van der Waals surface area (Å²) in [6, 6.07) is 5.18. The van der Waals surface area contributed by atoms with E-state index < -0.39 is 24.0 Å². The molecular formula is C20H25BrN4O5. The fourth-order valence-electron chi connectivity index (χ4n) is 2.59. The van der Waals surface area contributed by atoms with Crippen LogP contribution in [0.3, 0.4) is 0 Å². The van der Waals surface area contributed by atoms with Crippen molar-refractivity contribution in [2.24, 2.45) is 0 Å². The van der Waals surface area contributed by atoms with Gasteiger partial charge >= 0.3 is 5.97 Å². The number of carbonyl (C=O) groups is 3. The number of fused-ring (bicyclic) bond motifs is 1. The maximum absolute atomic E-state index is 12.5. The summed E-state index contributed by atoms with van der Waals surface area (Å²) in [6.07, 6.45) is 1.28. The molecule has 0 radical (unpaired) electrons. The Morgan fingerprint density at radius 2 is 1.97 bits per heavy atom. The Kier molecular flexibility index (Phi) is 7.71. The summed E-state index contributed by atoms with van der Waals surface area (Å²) < 4.78 is 7.05. The zero-order valence-electron chi connectivity index (χ0n) is 17.4. The van der Waals surface area contributed by atoms with E-state index in [-0.39, 0.29) is 31.0 Å². The van der Waals surface area contributed by atoms with Crippen molar-refractivity contribution in [2.45, 2.75) is 39.3 Å². The smallest absolute Gasteiger partial charge is 0.308 e. The highest BCUT2D eigenvalue weighted by Crippen LogP contribution is 2.14. The number of amides is 2. The van der Waals surface area contributed by atoms with Crippen LogP contribution in [-0.2, 0) is 25.7 Å². The van der Waals surface area contributed by atoms with Gasteiger partial charge in [0.1, 0.15) is 0 Å². The molecule has 0 unspecified atom stereocenters. The molecule has 0 fully saturated rings. The number of hydrogen-bond acceptors (Lipinski definition) is 6. The van der Waals surface area contributed by atoms with E-state index >= 15 is 0 Å². The quantitative estimate of drug-likeness (QED) is 0.600. The molecule has 0 aliphatic heterocycles. The van der Waals surface area contributed by atoms with E-state index in [1.807, 2.05) is 20.8 Å². The van der Waals surface area contributed by atoms with Gasteiger partial charge in [0.15, 0.2) is 6.61 Å². The molecule has 0 spiro atoms. The molecule has 1 aromatic carbocycles. The molecule has 2 amide bonds. The van der Waals surface area contributed by atoms with Crippen LogP contribution in [0.5, 0.6) is 0 Å². The monoisotopic (exact) mass is 480 g/mol. The number of likely N-dealkylation sites (N-methyl/N-ethyl adjacent to an activating group) is 1. The first kappa shape index (κ1) is 23.5. The number of aromatic nitrogens is 2. The van der Waals surface area contributed by atoms with E-state index in [2.05, 4.69) is 26.2 Å². The van der Waals surface area contributed by atoms with Crippen molar-refractivity contribution in [3.8, 4) is 0 Å². The van der Waals surface area contributed by atoms with Crippen molar-refractivity contribution in [1.82, 2.24) is 19.8 Å². The van der Waals surface area contributed by atoms with E-state index in [0.29, 0.717) is 10.9 Å². The Hall–Kier alpha value is -2.75. The number of hydrogen-bond donors (Lipinski definition) is 1.